The summed E-state index contributed by atoms with van der Waals surface area (Å²) in [6, 6.07) is 8.12. The van der Waals surface area contributed by atoms with Crippen molar-refractivity contribution >= 4 is 6.09 Å². The molecule has 1 aromatic rings. The summed E-state index contributed by atoms with van der Waals surface area (Å²) < 4.78 is 11.2. The van der Waals surface area contributed by atoms with E-state index >= 15 is 0 Å². The lowest BCUT2D eigenvalue weighted by Crippen LogP contribution is -2.35. The van der Waals surface area contributed by atoms with Gasteiger partial charge in [0.2, 0.25) is 0 Å². The van der Waals surface area contributed by atoms with Crippen LogP contribution in [0, 0.1) is 5.92 Å². The predicted octanol–water partition coefficient (Wildman–Crippen LogP) is 3.03. The number of nitrogens with zero attached hydrogens (tertiary/aromatic N) is 1. The second-order valence-corrected chi connectivity index (χ2v) is 6.60. The highest BCUT2D eigenvalue weighted by Gasteiger charge is 2.41. The highest BCUT2D eigenvalue weighted by atomic mass is 16.6. The first-order chi connectivity index (χ1) is 9.44. The molecule has 1 aromatic carbocycles. The Kier molecular flexibility index (Phi) is 3.11. The number of benzene rings is 1. The second kappa shape index (κ2) is 4.69. The van der Waals surface area contributed by atoms with Gasteiger partial charge in [0.25, 0.3) is 0 Å². The van der Waals surface area contributed by atoms with E-state index in [0.717, 1.165) is 12.3 Å². The smallest absolute Gasteiger partial charge is 0.410 e. The number of carbonyl (C=O) groups is 1. The van der Waals surface area contributed by atoms with Crippen LogP contribution >= 0.6 is 0 Å². The SMILES string of the molecule is CC(C)(C)OC(=O)N1C[C@@H]2COc3ccccc3[C@H]2C1. The molecule has 4 heteroatoms. The molecule has 0 unspecified atom stereocenters. The standard InChI is InChI=1S/C16H21NO3/c1-16(2,3)20-15(18)17-8-11-10-19-14-7-5-4-6-12(14)13(11)9-17/h4-7,11,13H,8-10H2,1-3H3/t11-,13+/m1/s1. The van der Waals surface area contributed by atoms with E-state index in [4.69, 9.17) is 9.47 Å². The maximum Gasteiger partial charge on any atom is 0.410 e. The summed E-state index contributed by atoms with van der Waals surface area (Å²) in [4.78, 5) is 14.0. The topological polar surface area (TPSA) is 38.8 Å². The zero-order chi connectivity index (χ0) is 14.3. The Bertz CT molecular complexity index is 521. The summed E-state index contributed by atoms with van der Waals surface area (Å²) in [7, 11) is 0. The molecule has 2 aliphatic heterocycles. The van der Waals surface area contributed by atoms with Crippen LogP contribution in [-0.4, -0.2) is 36.3 Å². The number of carbonyl (C=O) groups excluding carboxylic acids is 1. The van der Waals surface area contributed by atoms with Gasteiger partial charge in [-0.15, -0.1) is 0 Å². The zero-order valence-corrected chi connectivity index (χ0v) is 12.3. The van der Waals surface area contributed by atoms with Crippen LogP contribution in [0.1, 0.15) is 32.3 Å². The van der Waals surface area contributed by atoms with Crippen molar-refractivity contribution < 1.29 is 14.3 Å². The molecular formula is C16H21NO3. The first-order valence-corrected chi connectivity index (χ1v) is 7.14. The van der Waals surface area contributed by atoms with Crippen LogP contribution in [0.2, 0.25) is 0 Å². The van der Waals surface area contributed by atoms with Gasteiger partial charge in [-0.2, -0.15) is 0 Å². The molecule has 2 atom stereocenters. The Morgan fingerprint density at radius 1 is 1.30 bits per heavy atom. The molecular weight excluding hydrogens is 254 g/mol. The summed E-state index contributed by atoms with van der Waals surface area (Å²) in [6.45, 7) is 7.81. The predicted molar refractivity (Wildman–Crippen MR) is 76.0 cm³/mol. The van der Waals surface area contributed by atoms with E-state index in [9.17, 15) is 4.79 Å². The monoisotopic (exact) mass is 275 g/mol. The number of likely N-dealkylation sites (tertiary alicyclic amines) is 1. The summed E-state index contributed by atoms with van der Waals surface area (Å²) in [5.74, 6) is 1.70. The Morgan fingerprint density at radius 2 is 2.05 bits per heavy atom. The highest BCUT2D eigenvalue weighted by Crippen LogP contribution is 2.41. The van der Waals surface area contributed by atoms with Gasteiger partial charge in [0.15, 0.2) is 0 Å². The maximum absolute atomic E-state index is 12.2. The van der Waals surface area contributed by atoms with E-state index in [1.54, 1.807) is 0 Å². The van der Waals surface area contributed by atoms with Crippen LogP contribution in [0.15, 0.2) is 24.3 Å². The van der Waals surface area contributed by atoms with Crippen LogP contribution in [-0.2, 0) is 4.74 Å². The van der Waals surface area contributed by atoms with Gasteiger partial charge >= 0.3 is 6.09 Å². The van der Waals surface area contributed by atoms with Crippen molar-refractivity contribution in [1.82, 2.24) is 4.90 Å². The molecule has 1 amide bonds. The lowest BCUT2D eigenvalue weighted by molar-refractivity contribution is 0.0285. The molecule has 108 valence electrons. The van der Waals surface area contributed by atoms with E-state index in [-0.39, 0.29) is 6.09 Å². The minimum absolute atomic E-state index is 0.218. The average molecular weight is 275 g/mol. The molecule has 1 saturated heterocycles. The van der Waals surface area contributed by atoms with Crippen molar-refractivity contribution in [2.24, 2.45) is 5.92 Å². The molecule has 0 bridgehead atoms. The number of hydrogen-bond acceptors (Lipinski definition) is 3. The fourth-order valence-electron chi connectivity index (χ4n) is 2.98. The van der Waals surface area contributed by atoms with E-state index in [2.05, 4.69) is 6.07 Å². The highest BCUT2D eigenvalue weighted by molar-refractivity contribution is 5.69. The van der Waals surface area contributed by atoms with Crippen molar-refractivity contribution in [3.8, 4) is 5.75 Å². The number of amides is 1. The van der Waals surface area contributed by atoms with Crippen molar-refractivity contribution in [3.05, 3.63) is 29.8 Å². The summed E-state index contributed by atoms with van der Waals surface area (Å²) in [5, 5.41) is 0. The zero-order valence-electron chi connectivity index (χ0n) is 12.3. The largest absolute Gasteiger partial charge is 0.493 e. The van der Waals surface area contributed by atoms with Crippen molar-refractivity contribution in [3.63, 3.8) is 0 Å². The lowest BCUT2D eigenvalue weighted by Gasteiger charge is -2.27. The lowest BCUT2D eigenvalue weighted by atomic mass is 9.87. The first kappa shape index (κ1) is 13.3. The Labute approximate surface area is 119 Å². The first-order valence-electron chi connectivity index (χ1n) is 7.14. The second-order valence-electron chi connectivity index (χ2n) is 6.60. The molecule has 0 spiro atoms. The van der Waals surface area contributed by atoms with Gasteiger partial charge in [-0.05, 0) is 32.4 Å². The van der Waals surface area contributed by atoms with Gasteiger partial charge < -0.3 is 14.4 Å². The van der Waals surface area contributed by atoms with E-state index in [1.807, 2.05) is 43.9 Å². The number of rotatable bonds is 0. The fraction of sp³-hybridized carbons (Fsp3) is 0.562. The van der Waals surface area contributed by atoms with E-state index in [1.165, 1.54) is 5.56 Å². The molecule has 4 nitrogen and oxygen atoms in total. The van der Waals surface area contributed by atoms with E-state index < -0.39 is 5.60 Å². The van der Waals surface area contributed by atoms with Crippen LogP contribution in [0.25, 0.3) is 0 Å². The van der Waals surface area contributed by atoms with Gasteiger partial charge in [0.05, 0.1) is 6.61 Å². The molecule has 3 rings (SSSR count). The van der Waals surface area contributed by atoms with Gasteiger partial charge in [0.1, 0.15) is 11.4 Å². The van der Waals surface area contributed by atoms with Gasteiger partial charge in [-0.1, -0.05) is 18.2 Å². The number of hydrogen-bond donors (Lipinski definition) is 0. The number of fused-ring (bicyclic) bond motifs is 3. The molecule has 2 aliphatic rings. The Balaban J connectivity index is 1.75. The van der Waals surface area contributed by atoms with Crippen molar-refractivity contribution in [2.75, 3.05) is 19.7 Å². The molecule has 0 aromatic heterocycles. The Morgan fingerprint density at radius 3 is 2.80 bits per heavy atom. The number of para-hydroxylation sites is 1. The summed E-state index contributed by atoms with van der Waals surface area (Å²) in [5.41, 5.74) is 0.772. The molecule has 1 fully saturated rings. The van der Waals surface area contributed by atoms with Gasteiger partial charge in [-0.25, -0.2) is 4.79 Å². The van der Waals surface area contributed by atoms with Crippen molar-refractivity contribution in [1.29, 1.82) is 0 Å². The third-order valence-corrected chi connectivity index (χ3v) is 3.86. The normalized spacial score (nSPS) is 24.6. The molecule has 0 aliphatic carbocycles. The van der Waals surface area contributed by atoms with Crippen LogP contribution in [0.4, 0.5) is 4.79 Å². The maximum atomic E-state index is 12.2. The third-order valence-electron chi connectivity index (χ3n) is 3.86. The summed E-state index contributed by atoms with van der Waals surface area (Å²) >= 11 is 0. The minimum atomic E-state index is -0.445. The van der Waals surface area contributed by atoms with Gasteiger partial charge in [-0.3, -0.25) is 0 Å². The van der Waals surface area contributed by atoms with Crippen LogP contribution in [0.3, 0.4) is 0 Å². The molecule has 0 saturated carbocycles. The fourth-order valence-corrected chi connectivity index (χ4v) is 2.98. The molecule has 0 N–H and O–H groups in total. The molecule has 2 heterocycles. The summed E-state index contributed by atoms with van der Waals surface area (Å²) in [6.07, 6.45) is -0.218. The number of ether oxygens (including phenoxy) is 2. The van der Waals surface area contributed by atoms with Crippen LogP contribution < -0.4 is 4.74 Å². The molecule has 0 radical (unpaired) electrons. The molecule has 20 heavy (non-hydrogen) atoms. The van der Waals surface area contributed by atoms with Crippen LogP contribution in [0.5, 0.6) is 5.75 Å². The quantitative estimate of drug-likeness (QED) is 0.730. The minimum Gasteiger partial charge on any atom is -0.493 e. The average Bonchev–Trinajstić information content (AvgIpc) is 2.81. The van der Waals surface area contributed by atoms with Crippen molar-refractivity contribution in [2.45, 2.75) is 32.3 Å². The third kappa shape index (κ3) is 2.47. The Hall–Kier alpha value is -1.71. The van der Waals surface area contributed by atoms with E-state index in [0.29, 0.717) is 25.0 Å². The van der Waals surface area contributed by atoms with Gasteiger partial charge in [0, 0.05) is 24.9 Å².